The smallest absolute Gasteiger partial charge is 0.356 e. The van der Waals surface area contributed by atoms with E-state index < -0.39 is 5.97 Å². The highest BCUT2D eigenvalue weighted by molar-refractivity contribution is 5.94. The maximum Gasteiger partial charge on any atom is 0.356 e. The summed E-state index contributed by atoms with van der Waals surface area (Å²) in [6, 6.07) is 10.0. The molecule has 0 aliphatic heterocycles. The number of carbonyl (C=O) groups is 1. The Balaban J connectivity index is 2.29. The van der Waals surface area contributed by atoms with Gasteiger partial charge in [0.2, 0.25) is 0 Å². The molecule has 2 rings (SSSR count). The quantitative estimate of drug-likeness (QED) is 0.828. The predicted octanol–water partition coefficient (Wildman–Crippen LogP) is 2.67. The number of nitrogen functional groups attached to an aromatic ring is 1. The summed E-state index contributed by atoms with van der Waals surface area (Å²) >= 11 is 0. The minimum atomic E-state index is -0.401. The number of aromatic amines is 1. The first-order valence-corrected chi connectivity index (χ1v) is 6.31. The van der Waals surface area contributed by atoms with E-state index in [0.717, 1.165) is 16.8 Å². The van der Waals surface area contributed by atoms with Crippen LogP contribution in [0.4, 0.5) is 5.69 Å². The molecule has 0 radical (unpaired) electrons. The lowest BCUT2D eigenvalue weighted by Crippen LogP contribution is -2.08. The standard InChI is InChI=1S/C15H18N2O2/c1-3-19-15(18)14-13(16)12(10(2)17-14)9-11-7-5-4-6-8-11/h4-8,17H,3,9,16H2,1-2H3. The Bertz CT molecular complexity index is 573. The Hall–Kier alpha value is -2.23. The lowest BCUT2D eigenvalue weighted by Gasteiger charge is -2.03. The minimum absolute atomic E-state index is 0.338. The summed E-state index contributed by atoms with van der Waals surface area (Å²) < 4.78 is 4.98. The third-order valence-corrected chi connectivity index (χ3v) is 3.06. The first kappa shape index (κ1) is 13.2. The maximum atomic E-state index is 11.8. The van der Waals surface area contributed by atoms with Crippen LogP contribution in [0.2, 0.25) is 0 Å². The number of nitrogens with one attached hydrogen (secondary N) is 1. The maximum absolute atomic E-state index is 11.8. The first-order chi connectivity index (χ1) is 9.13. The summed E-state index contributed by atoms with van der Waals surface area (Å²) in [5, 5.41) is 0. The lowest BCUT2D eigenvalue weighted by molar-refractivity contribution is 0.0521. The van der Waals surface area contributed by atoms with Gasteiger partial charge in [-0.1, -0.05) is 30.3 Å². The fourth-order valence-corrected chi connectivity index (χ4v) is 2.08. The van der Waals surface area contributed by atoms with Crippen LogP contribution in [0.15, 0.2) is 30.3 Å². The molecular weight excluding hydrogens is 240 g/mol. The first-order valence-electron chi connectivity index (χ1n) is 6.31. The molecular formula is C15H18N2O2. The molecule has 1 heterocycles. The van der Waals surface area contributed by atoms with Gasteiger partial charge in [-0.3, -0.25) is 0 Å². The van der Waals surface area contributed by atoms with Crippen molar-refractivity contribution in [3.05, 3.63) is 52.8 Å². The van der Waals surface area contributed by atoms with Gasteiger partial charge in [-0.2, -0.15) is 0 Å². The van der Waals surface area contributed by atoms with Crippen molar-refractivity contribution in [2.75, 3.05) is 12.3 Å². The van der Waals surface area contributed by atoms with Crippen LogP contribution in [-0.4, -0.2) is 17.6 Å². The molecule has 0 bridgehead atoms. The monoisotopic (exact) mass is 258 g/mol. The number of hydrogen-bond donors (Lipinski definition) is 2. The number of carbonyl (C=O) groups excluding carboxylic acids is 1. The van der Waals surface area contributed by atoms with Crippen molar-refractivity contribution in [3.63, 3.8) is 0 Å². The fourth-order valence-electron chi connectivity index (χ4n) is 2.08. The van der Waals surface area contributed by atoms with Crippen LogP contribution >= 0.6 is 0 Å². The second-order valence-corrected chi connectivity index (χ2v) is 4.40. The van der Waals surface area contributed by atoms with Crippen molar-refractivity contribution in [1.82, 2.24) is 4.98 Å². The Morgan fingerprint density at radius 3 is 2.63 bits per heavy atom. The molecule has 0 atom stereocenters. The number of hydrogen-bond acceptors (Lipinski definition) is 3. The van der Waals surface area contributed by atoms with Crippen LogP contribution in [0.3, 0.4) is 0 Å². The molecule has 0 saturated heterocycles. The third kappa shape index (κ3) is 2.78. The number of nitrogens with two attached hydrogens (primary N) is 1. The summed E-state index contributed by atoms with van der Waals surface area (Å²) in [6.45, 7) is 4.02. The number of rotatable bonds is 4. The molecule has 0 aliphatic carbocycles. The molecule has 4 nitrogen and oxygen atoms in total. The topological polar surface area (TPSA) is 68.1 Å². The Morgan fingerprint density at radius 2 is 2.00 bits per heavy atom. The minimum Gasteiger partial charge on any atom is -0.461 e. The van der Waals surface area contributed by atoms with Crippen molar-refractivity contribution >= 4 is 11.7 Å². The number of aromatic nitrogens is 1. The largest absolute Gasteiger partial charge is 0.461 e. The van der Waals surface area contributed by atoms with Gasteiger partial charge in [-0.15, -0.1) is 0 Å². The van der Waals surface area contributed by atoms with E-state index in [1.165, 1.54) is 0 Å². The second-order valence-electron chi connectivity index (χ2n) is 4.40. The van der Waals surface area contributed by atoms with Crippen molar-refractivity contribution in [3.8, 4) is 0 Å². The number of H-pyrrole nitrogens is 1. The summed E-state index contributed by atoms with van der Waals surface area (Å²) in [5.74, 6) is -0.401. The van der Waals surface area contributed by atoms with Crippen molar-refractivity contribution in [2.24, 2.45) is 0 Å². The van der Waals surface area contributed by atoms with E-state index in [4.69, 9.17) is 10.5 Å². The number of ether oxygens (including phenoxy) is 1. The second kappa shape index (κ2) is 5.61. The summed E-state index contributed by atoms with van der Waals surface area (Å²) in [7, 11) is 0. The molecule has 0 aliphatic rings. The normalized spacial score (nSPS) is 10.4. The van der Waals surface area contributed by atoms with E-state index in [0.29, 0.717) is 24.4 Å². The van der Waals surface area contributed by atoms with Crippen LogP contribution in [0, 0.1) is 6.92 Å². The van der Waals surface area contributed by atoms with E-state index in [1.807, 2.05) is 37.3 Å². The van der Waals surface area contributed by atoms with Crippen molar-refractivity contribution in [2.45, 2.75) is 20.3 Å². The van der Waals surface area contributed by atoms with E-state index in [2.05, 4.69) is 4.98 Å². The van der Waals surface area contributed by atoms with Crippen LogP contribution in [0.1, 0.15) is 34.2 Å². The zero-order chi connectivity index (χ0) is 13.8. The van der Waals surface area contributed by atoms with Crippen LogP contribution in [0.25, 0.3) is 0 Å². The van der Waals surface area contributed by atoms with E-state index in [-0.39, 0.29) is 0 Å². The van der Waals surface area contributed by atoms with E-state index in [1.54, 1.807) is 6.92 Å². The Kier molecular flexibility index (Phi) is 3.90. The molecule has 0 unspecified atom stereocenters. The van der Waals surface area contributed by atoms with Gasteiger partial charge in [-0.25, -0.2) is 4.79 Å². The number of benzene rings is 1. The Morgan fingerprint density at radius 1 is 1.32 bits per heavy atom. The van der Waals surface area contributed by atoms with Gasteiger partial charge < -0.3 is 15.5 Å². The van der Waals surface area contributed by atoms with Crippen LogP contribution in [-0.2, 0) is 11.2 Å². The van der Waals surface area contributed by atoms with E-state index in [9.17, 15) is 4.79 Å². The highest BCUT2D eigenvalue weighted by Crippen LogP contribution is 2.24. The highest BCUT2D eigenvalue weighted by atomic mass is 16.5. The number of esters is 1. The summed E-state index contributed by atoms with van der Waals surface area (Å²) in [6.07, 6.45) is 0.703. The predicted molar refractivity (Wildman–Crippen MR) is 75.1 cm³/mol. The highest BCUT2D eigenvalue weighted by Gasteiger charge is 2.19. The molecule has 1 aromatic carbocycles. The SMILES string of the molecule is CCOC(=O)c1[nH]c(C)c(Cc2ccccc2)c1N. The number of aryl methyl sites for hydroxylation is 1. The molecule has 19 heavy (non-hydrogen) atoms. The molecule has 4 heteroatoms. The third-order valence-electron chi connectivity index (χ3n) is 3.06. The van der Waals surface area contributed by atoms with Gasteiger partial charge in [0.15, 0.2) is 0 Å². The van der Waals surface area contributed by atoms with Gasteiger partial charge in [0.25, 0.3) is 0 Å². The molecule has 3 N–H and O–H groups in total. The summed E-state index contributed by atoms with van der Waals surface area (Å²) in [4.78, 5) is 14.8. The van der Waals surface area contributed by atoms with Gasteiger partial charge in [0.1, 0.15) is 5.69 Å². The number of anilines is 1. The average Bonchev–Trinajstić information content (AvgIpc) is 2.68. The van der Waals surface area contributed by atoms with Crippen molar-refractivity contribution in [1.29, 1.82) is 0 Å². The molecule has 100 valence electrons. The molecule has 0 amide bonds. The lowest BCUT2D eigenvalue weighted by atomic mass is 10.0. The molecule has 0 spiro atoms. The molecule has 0 fully saturated rings. The Labute approximate surface area is 112 Å². The van der Waals surface area contributed by atoms with Crippen LogP contribution < -0.4 is 5.73 Å². The molecule has 1 aromatic heterocycles. The molecule has 2 aromatic rings. The average molecular weight is 258 g/mol. The van der Waals surface area contributed by atoms with Gasteiger partial charge in [0, 0.05) is 17.7 Å². The van der Waals surface area contributed by atoms with Gasteiger partial charge in [0.05, 0.1) is 12.3 Å². The van der Waals surface area contributed by atoms with Gasteiger partial charge >= 0.3 is 5.97 Å². The van der Waals surface area contributed by atoms with Crippen LogP contribution in [0.5, 0.6) is 0 Å². The van der Waals surface area contributed by atoms with Crippen molar-refractivity contribution < 1.29 is 9.53 Å². The molecule has 0 saturated carbocycles. The fraction of sp³-hybridized carbons (Fsp3) is 0.267. The zero-order valence-electron chi connectivity index (χ0n) is 11.2. The van der Waals surface area contributed by atoms with Gasteiger partial charge in [-0.05, 0) is 19.4 Å². The summed E-state index contributed by atoms with van der Waals surface area (Å²) in [5.41, 5.74) is 9.91. The zero-order valence-corrected chi connectivity index (χ0v) is 11.2. The van der Waals surface area contributed by atoms with E-state index >= 15 is 0 Å².